The second-order valence-electron chi connectivity index (χ2n) is 6.22. The SMILES string of the molecule is CCN1CC[C@@H]2[C@@H](C1)OCCN2C(=O)[C@H](OC)c1ccccc1. The van der Waals surface area contributed by atoms with Crippen LogP contribution >= 0.6 is 0 Å². The lowest BCUT2D eigenvalue weighted by atomic mass is 9.97. The first kappa shape index (κ1) is 16.4. The fourth-order valence-electron chi connectivity index (χ4n) is 3.68. The van der Waals surface area contributed by atoms with Crippen LogP contribution in [0.1, 0.15) is 25.0 Å². The zero-order valence-corrected chi connectivity index (χ0v) is 14.0. The van der Waals surface area contributed by atoms with Crippen LogP contribution in [0.4, 0.5) is 0 Å². The van der Waals surface area contributed by atoms with Crippen LogP contribution in [0.5, 0.6) is 0 Å². The molecule has 2 aliphatic rings. The fourth-order valence-corrected chi connectivity index (χ4v) is 3.68. The van der Waals surface area contributed by atoms with Crippen molar-refractivity contribution in [2.75, 3.05) is 39.9 Å². The van der Waals surface area contributed by atoms with Gasteiger partial charge in [-0.3, -0.25) is 4.79 Å². The summed E-state index contributed by atoms with van der Waals surface area (Å²) in [4.78, 5) is 17.4. The molecular weight excluding hydrogens is 292 g/mol. The van der Waals surface area contributed by atoms with E-state index in [1.165, 1.54) is 0 Å². The van der Waals surface area contributed by atoms with Gasteiger partial charge in [-0.15, -0.1) is 0 Å². The summed E-state index contributed by atoms with van der Waals surface area (Å²) in [5.41, 5.74) is 0.911. The fraction of sp³-hybridized carbons (Fsp3) is 0.611. The van der Waals surface area contributed by atoms with Crippen LogP contribution in [0.15, 0.2) is 30.3 Å². The average molecular weight is 318 g/mol. The maximum absolute atomic E-state index is 13.1. The number of morpholine rings is 1. The first-order valence-electron chi connectivity index (χ1n) is 8.46. The number of carbonyl (C=O) groups excluding carboxylic acids is 1. The van der Waals surface area contributed by atoms with Crippen molar-refractivity contribution in [3.63, 3.8) is 0 Å². The molecule has 2 heterocycles. The number of rotatable bonds is 4. The van der Waals surface area contributed by atoms with Crippen molar-refractivity contribution < 1.29 is 14.3 Å². The van der Waals surface area contributed by atoms with Crippen molar-refractivity contribution in [3.05, 3.63) is 35.9 Å². The second-order valence-corrected chi connectivity index (χ2v) is 6.22. The summed E-state index contributed by atoms with van der Waals surface area (Å²) in [6, 6.07) is 9.90. The summed E-state index contributed by atoms with van der Waals surface area (Å²) in [6.07, 6.45) is 0.559. The summed E-state index contributed by atoms with van der Waals surface area (Å²) >= 11 is 0. The molecule has 2 aliphatic heterocycles. The van der Waals surface area contributed by atoms with Gasteiger partial charge in [0.2, 0.25) is 0 Å². The van der Waals surface area contributed by atoms with Crippen molar-refractivity contribution in [2.24, 2.45) is 0 Å². The molecular formula is C18H26N2O3. The van der Waals surface area contributed by atoms with Gasteiger partial charge in [-0.05, 0) is 18.5 Å². The zero-order valence-electron chi connectivity index (χ0n) is 14.0. The average Bonchev–Trinajstić information content (AvgIpc) is 2.62. The van der Waals surface area contributed by atoms with Gasteiger partial charge in [-0.1, -0.05) is 37.3 Å². The molecule has 2 saturated heterocycles. The number of likely N-dealkylation sites (tertiary alicyclic amines) is 1. The van der Waals surface area contributed by atoms with Crippen molar-refractivity contribution in [1.82, 2.24) is 9.80 Å². The van der Waals surface area contributed by atoms with Crippen LogP contribution in [0, 0.1) is 0 Å². The Hall–Kier alpha value is -1.43. The van der Waals surface area contributed by atoms with Gasteiger partial charge in [0.05, 0.1) is 18.8 Å². The Balaban J connectivity index is 1.75. The van der Waals surface area contributed by atoms with E-state index in [-0.39, 0.29) is 18.1 Å². The summed E-state index contributed by atoms with van der Waals surface area (Å²) < 4.78 is 11.5. The summed E-state index contributed by atoms with van der Waals surface area (Å²) in [6.45, 7) is 6.39. The molecule has 23 heavy (non-hydrogen) atoms. The lowest BCUT2D eigenvalue weighted by Crippen LogP contribution is -2.61. The molecule has 5 nitrogen and oxygen atoms in total. The minimum absolute atomic E-state index is 0.0574. The van der Waals surface area contributed by atoms with Gasteiger partial charge < -0.3 is 19.3 Å². The van der Waals surface area contributed by atoms with Crippen LogP contribution in [0.25, 0.3) is 0 Å². The number of benzene rings is 1. The zero-order chi connectivity index (χ0) is 16.2. The second kappa shape index (κ2) is 7.43. The highest BCUT2D eigenvalue weighted by Crippen LogP contribution is 2.27. The number of hydrogen-bond acceptors (Lipinski definition) is 4. The molecule has 2 fully saturated rings. The van der Waals surface area contributed by atoms with Crippen LogP contribution in [0.2, 0.25) is 0 Å². The van der Waals surface area contributed by atoms with Crippen LogP contribution in [0.3, 0.4) is 0 Å². The van der Waals surface area contributed by atoms with E-state index in [1.807, 2.05) is 35.2 Å². The van der Waals surface area contributed by atoms with E-state index >= 15 is 0 Å². The third-order valence-corrected chi connectivity index (χ3v) is 4.97. The number of methoxy groups -OCH3 is 1. The van der Waals surface area contributed by atoms with E-state index in [1.54, 1.807) is 7.11 Å². The molecule has 0 saturated carbocycles. The maximum Gasteiger partial charge on any atom is 0.256 e. The third kappa shape index (κ3) is 3.42. The smallest absolute Gasteiger partial charge is 0.256 e. The number of hydrogen-bond donors (Lipinski definition) is 0. The summed E-state index contributed by atoms with van der Waals surface area (Å²) in [7, 11) is 1.60. The monoisotopic (exact) mass is 318 g/mol. The molecule has 126 valence electrons. The van der Waals surface area contributed by atoms with Crippen molar-refractivity contribution in [1.29, 1.82) is 0 Å². The van der Waals surface area contributed by atoms with Gasteiger partial charge in [0.1, 0.15) is 0 Å². The number of likely N-dealkylation sites (N-methyl/N-ethyl adjacent to an activating group) is 1. The number of amides is 1. The van der Waals surface area contributed by atoms with Crippen molar-refractivity contribution in [3.8, 4) is 0 Å². The van der Waals surface area contributed by atoms with Gasteiger partial charge in [0.15, 0.2) is 6.10 Å². The molecule has 1 aromatic rings. The third-order valence-electron chi connectivity index (χ3n) is 4.97. The normalized spacial score (nSPS) is 26.6. The van der Waals surface area contributed by atoms with Gasteiger partial charge in [0, 0.05) is 26.7 Å². The van der Waals surface area contributed by atoms with Gasteiger partial charge >= 0.3 is 0 Å². The summed E-state index contributed by atoms with van der Waals surface area (Å²) in [5.74, 6) is 0.0574. The number of ether oxygens (including phenoxy) is 2. The number of piperidine rings is 1. The van der Waals surface area contributed by atoms with E-state index in [4.69, 9.17) is 9.47 Å². The topological polar surface area (TPSA) is 42.0 Å². The number of fused-ring (bicyclic) bond motifs is 1. The highest BCUT2D eigenvalue weighted by atomic mass is 16.5. The first-order chi connectivity index (χ1) is 11.2. The molecule has 3 atom stereocenters. The molecule has 0 aromatic heterocycles. The quantitative estimate of drug-likeness (QED) is 0.847. The van der Waals surface area contributed by atoms with E-state index in [0.717, 1.165) is 31.6 Å². The molecule has 3 rings (SSSR count). The largest absolute Gasteiger partial charge is 0.373 e. The predicted octanol–water partition coefficient (Wildman–Crippen LogP) is 1.70. The van der Waals surface area contributed by atoms with Crippen LogP contribution < -0.4 is 0 Å². The van der Waals surface area contributed by atoms with Crippen molar-refractivity contribution >= 4 is 5.91 Å². The molecule has 0 N–H and O–H groups in total. The molecule has 1 amide bonds. The Bertz CT molecular complexity index is 522. The minimum atomic E-state index is -0.529. The highest BCUT2D eigenvalue weighted by molar-refractivity contribution is 5.82. The highest BCUT2D eigenvalue weighted by Gasteiger charge is 2.40. The molecule has 0 unspecified atom stereocenters. The van der Waals surface area contributed by atoms with E-state index in [2.05, 4.69) is 11.8 Å². The van der Waals surface area contributed by atoms with Gasteiger partial charge in [0.25, 0.3) is 5.91 Å². The van der Waals surface area contributed by atoms with Gasteiger partial charge in [-0.25, -0.2) is 0 Å². The first-order valence-corrected chi connectivity index (χ1v) is 8.46. The molecule has 5 heteroatoms. The molecule has 0 radical (unpaired) electrons. The molecule has 0 bridgehead atoms. The molecule has 0 spiro atoms. The summed E-state index contributed by atoms with van der Waals surface area (Å²) in [5, 5.41) is 0. The lowest BCUT2D eigenvalue weighted by molar-refractivity contribution is -0.162. The Morgan fingerprint density at radius 3 is 2.83 bits per heavy atom. The van der Waals surface area contributed by atoms with Crippen LogP contribution in [-0.4, -0.2) is 67.7 Å². The Kier molecular flexibility index (Phi) is 5.30. The Morgan fingerprint density at radius 1 is 1.35 bits per heavy atom. The Morgan fingerprint density at radius 2 is 2.13 bits per heavy atom. The number of carbonyl (C=O) groups is 1. The molecule has 0 aliphatic carbocycles. The standard InChI is InChI=1S/C18H26N2O3/c1-3-19-10-9-15-16(13-19)23-12-11-20(15)18(21)17(22-2)14-7-5-4-6-8-14/h4-8,15-17H,3,9-13H2,1-2H3/t15-,16-,17-/m1/s1. The predicted molar refractivity (Wildman–Crippen MR) is 88.2 cm³/mol. The van der Waals surface area contributed by atoms with E-state index < -0.39 is 6.10 Å². The van der Waals surface area contributed by atoms with E-state index in [9.17, 15) is 4.79 Å². The van der Waals surface area contributed by atoms with Crippen molar-refractivity contribution in [2.45, 2.75) is 31.6 Å². The minimum Gasteiger partial charge on any atom is -0.373 e. The Labute approximate surface area is 138 Å². The molecule has 1 aromatic carbocycles. The van der Waals surface area contributed by atoms with Crippen LogP contribution in [-0.2, 0) is 14.3 Å². The maximum atomic E-state index is 13.1. The lowest BCUT2D eigenvalue weighted by Gasteiger charge is -2.47. The number of nitrogens with zero attached hydrogens (tertiary/aromatic N) is 2. The van der Waals surface area contributed by atoms with Gasteiger partial charge in [-0.2, -0.15) is 0 Å². The van der Waals surface area contributed by atoms with E-state index in [0.29, 0.717) is 13.2 Å².